The number of carbonyl (C=O) groups is 3. The average molecular weight is 305 g/mol. The minimum absolute atomic E-state index is 0.00574. The number of hydrazine groups is 1. The Morgan fingerprint density at radius 3 is 2.50 bits per heavy atom. The normalized spacial score (nSPS) is 33.5. The number of rotatable bonds is 3. The third-order valence-corrected chi connectivity index (χ3v) is 6.02. The molecule has 1 heterocycles. The van der Waals surface area contributed by atoms with Crippen LogP contribution in [0.5, 0.6) is 0 Å². The first kappa shape index (κ1) is 14.0. The predicted octanol–water partition coefficient (Wildman–Crippen LogP) is 1.71. The highest BCUT2D eigenvalue weighted by Gasteiger charge is 2.54. The molecule has 6 heteroatoms. The van der Waals surface area contributed by atoms with Crippen LogP contribution < -0.4 is 10.7 Å². The molecule has 4 rings (SSSR count). The minimum Gasteiger partial charge on any atom is -0.322 e. The van der Waals surface area contributed by atoms with Crippen molar-refractivity contribution in [2.45, 2.75) is 63.3 Å². The second kappa shape index (κ2) is 4.96. The van der Waals surface area contributed by atoms with Gasteiger partial charge in [-0.05, 0) is 31.1 Å². The van der Waals surface area contributed by atoms with Crippen LogP contribution in [0.1, 0.15) is 57.8 Å². The van der Waals surface area contributed by atoms with E-state index in [9.17, 15) is 14.4 Å². The quantitative estimate of drug-likeness (QED) is 0.779. The highest BCUT2D eigenvalue weighted by atomic mass is 16.2. The zero-order chi connectivity index (χ0) is 15.3. The first-order valence-corrected chi connectivity index (χ1v) is 8.58. The van der Waals surface area contributed by atoms with Crippen molar-refractivity contribution in [3.8, 4) is 0 Å². The van der Waals surface area contributed by atoms with Gasteiger partial charge in [-0.3, -0.25) is 15.0 Å². The fraction of sp³-hybridized carbons (Fsp3) is 0.812. The maximum Gasteiger partial charge on any atom is 0.344 e. The van der Waals surface area contributed by atoms with Crippen LogP contribution in [-0.4, -0.2) is 28.4 Å². The van der Waals surface area contributed by atoms with E-state index in [-0.39, 0.29) is 17.7 Å². The summed E-state index contributed by atoms with van der Waals surface area (Å²) in [5.74, 6) is 0.718. The molecule has 1 aliphatic heterocycles. The van der Waals surface area contributed by atoms with E-state index in [0.717, 1.165) is 30.7 Å². The number of hydrogen-bond donors (Lipinski definition) is 2. The van der Waals surface area contributed by atoms with Gasteiger partial charge in [-0.1, -0.05) is 38.5 Å². The van der Waals surface area contributed by atoms with Crippen LogP contribution in [0.3, 0.4) is 0 Å². The fourth-order valence-corrected chi connectivity index (χ4v) is 4.31. The summed E-state index contributed by atoms with van der Waals surface area (Å²) < 4.78 is 0. The molecule has 2 atom stereocenters. The van der Waals surface area contributed by atoms with Gasteiger partial charge >= 0.3 is 6.03 Å². The van der Waals surface area contributed by atoms with Gasteiger partial charge in [0.25, 0.3) is 5.91 Å². The maximum atomic E-state index is 12.6. The van der Waals surface area contributed by atoms with Gasteiger partial charge in [-0.25, -0.2) is 4.79 Å². The van der Waals surface area contributed by atoms with Gasteiger partial charge in [-0.15, -0.1) is 0 Å². The second-order valence-corrected chi connectivity index (χ2v) is 7.39. The highest BCUT2D eigenvalue weighted by Crippen LogP contribution is 2.51. The molecule has 1 spiro atoms. The number of imide groups is 1. The molecule has 2 N–H and O–H groups in total. The van der Waals surface area contributed by atoms with Crippen molar-refractivity contribution in [2.24, 2.45) is 17.8 Å². The Morgan fingerprint density at radius 2 is 1.86 bits per heavy atom. The zero-order valence-corrected chi connectivity index (χ0v) is 12.8. The first-order valence-electron chi connectivity index (χ1n) is 8.58. The zero-order valence-electron chi connectivity index (χ0n) is 12.8. The standard InChI is InChI=1S/C16H23N3O3/c20-13(12-9-11(12)10-5-4-6-10)18-19-14(21)16(17-15(19)22)7-2-1-3-8-16/h10-12H,1-9H2,(H,17,22)(H,18,20). The van der Waals surface area contributed by atoms with Crippen LogP contribution in [0.4, 0.5) is 4.79 Å². The molecule has 3 saturated carbocycles. The lowest BCUT2D eigenvalue weighted by molar-refractivity contribution is -0.140. The molecular formula is C16H23N3O3. The van der Waals surface area contributed by atoms with Crippen LogP contribution in [0.15, 0.2) is 0 Å². The summed E-state index contributed by atoms with van der Waals surface area (Å²) in [6.07, 6.45) is 8.97. The summed E-state index contributed by atoms with van der Waals surface area (Å²) in [4.78, 5) is 37.0. The van der Waals surface area contributed by atoms with Crippen LogP contribution >= 0.6 is 0 Å². The van der Waals surface area contributed by atoms with Crippen molar-refractivity contribution < 1.29 is 14.4 Å². The van der Waals surface area contributed by atoms with Crippen molar-refractivity contribution >= 4 is 17.8 Å². The monoisotopic (exact) mass is 305 g/mol. The number of amides is 4. The summed E-state index contributed by atoms with van der Waals surface area (Å²) in [5.41, 5.74) is 1.81. The van der Waals surface area contributed by atoms with E-state index in [1.165, 1.54) is 19.3 Å². The van der Waals surface area contributed by atoms with Gasteiger partial charge in [-0.2, -0.15) is 5.01 Å². The summed E-state index contributed by atoms with van der Waals surface area (Å²) >= 11 is 0. The predicted molar refractivity (Wildman–Crippen MR) is 78.3 cm³/mol. The van der Waals surface area contributed by atoms with Gasteiger partial charge in [0.1, 0.15) is 5.54 Å². The Labute approximate surface area is 130 Å². The topological polar surface area (TPSA) is 78.5 Å². The van der Waals surface area contributed by atoms with Gasteiger partial charge in [0.05, 0.1) is 0 Å². The Balaban J connectivity index is 1.39. The average Bonchev–Trinajstić information content (AvgIpc) is 3.18. The summed E-state index contributed by atoms with van der Waals surface area (Å²) in [5, 5.41) is 3.75. The maximum absolute atomic E-state index is 12.6. The van der Waals surface area contributed by atoms with E-state index in [1.807, 2.05) is 0 Å². The summed E-state index contributed by atoms with van der Waals surface area (Å²) in [6.45, 7) is 0. The summed E-state index contributed by atoms with van der Waals surface area (Å²) in [7, 11) is 0. The van der Waals surface area contributed by atoms with Gasteiger partial charge < -0.3 is 5.32 Å². The molecule has 0 aromatic rings. The van der Waals surface area contributed by atoms with Crippen molar-refractivity contribution in [3.05, 3.63) is 0 Å². The number of nitrogens with one attached hydrogen (secondary N) is 2. The molecule has 2 unspecified atom stereocenters. The van der Waals surface area contributed by atoms with E-state index < -0.39 is 11.6 Å². The molecule has 4 amide bonds. The molecule has 0 radical (unpaired) electrons. The van der Waals surface area contributed by atoms with E-state index in [4.69, 9.17) is 0 Å². The van der Waals surface area contributed by atoms with E-state index in [1.54, 1.807) is 0 Å². The molecule has 4 fully saturated rings. The molecule has 3 aliphatic carbocycles. The molecule has 0 aromatic heterocycles. The molecular weight excluding hydrogens is 282 g/mol. The van der Waals surface area contributed by atoms with Crippen molar-refractivity contribution in [2.75, 3.05) is 0 Å². The van der Waals surface area contributed by atoms with Crippen molar-refractivity contribution in [1.29, 1.82) is 0 Å². The fourth-order valence-electron chi connectivity index (χ4n) is 4.31. The largest absolute Gasteiger partial charge is 0.344 e. The third kappa shape index (κ3) is 2.11. The van der Waals surface area contributed by atoms with Crippen molar-refractivity contribution in [3.63, 3.8) is 0 Å². The molecule has 6 nitrogen and oxygen atoms in total. The van der Waals surface area contributed by atoms with Crippen LogP contribution in [0, 0.1) is 17.8 Å². The third-order valence-electron chi connectivity index (χ3n) is 6.02. The first-order chi connectivity index (χ1) is 10.6. The molecule has 1 saturated heterocycles. The molecule has 0 aromatic carbocycles. The van der Waals surface area contributed by atoms with Crippen LogP contribution in [0.25, 0.3) is 0 Å². The van der Waals surface area contributed by atoms with Crippen LogP contribution in [-0.2, 0) is 9.59 Å². The lowest BCUT2D eigenvalue weighted by atomic mass is 9.81. The van der Waals surface area contributed by atoms with Crippen LogP contribution in [0.2, 0.25) is 0 Å². The van der Waals surface area contributed by atoms with E-state index in [0.29, 0.717) is 24.7 Å². The molecule has 22 heavy (non-hydrogen) atoms. The van der Waals surface area contributed by atoms with Gasteiger partial charge in [0.2, 0.25) is 5.91 Å². The Bertz CT molecular complexity index is 523. The Kier molecular flexibility index (Phi) is 3.16. The molecule has 4 aliphatic rings. The minimum atomic E-state index is -0.764. The molecule has 0 bridgehead atoms. The smallest absolute Gasteiger partial charge is 0.322 e. The van der Waals surface area contributed by atoms with E-state index >= 15 is 0 Å². The number of urea groups is 1. The van der Waals surface area contributed by atoms with E-state index in [2.05, 4.69) is 10.7 Å². The lowest BCUT2D eigenvalue weighted by Gasteiger charge is -2.30. The summed E-state index contributed by atoms with van der Waals surface area (Å²) in [6, 6.07) is -0.471. The molecule has 120 valence electrons. The number of nitrogens with zero attached hydrogens (tertiary/aromatic N) is 1. The van der Waals surface area contributed by atoms with Crippen molar-refractivity contribution in [1.82, 2.24) is 15.8 Å². The second-order valence-electron chi connectivity index (χ2n) is 7.39. The Hall–Kier alpha value is -1.59. The lowest BCUT2D eigenvalue weighted by Crippen LogP contribution is -2.51. The highest BCUT2D eigenvalue weighted by molar-refractivity contribution is 6.08. The number of carbonyl (C=O) groups excluding carboxylic acids is 3. The van der Waals surface area contributed by atoms with Gasteiger partial charge in [0, 0.05) is 5.92 Å². The Morgan fingerprint density at radius 1 is 1.14 bits per heavy atom. The van der Waals surface area contributed by atoms with Gasteiger partial charge in [0.15, 0.2) is 0 Å². The number of hydrogen-bond acceptors (Lipinski definition) is 3. The SMILES string of the molecule is O=C(NN1C(=O)NC2(CCCCC2)C1=O)C1CC1C1CCC1.